The molecule has 4 heteroatoms. The zero-order valence-electron chi connectivity index (χ0n) is 9.88. The summed E-state index contributed by atoms with van der Waals surface area (Å²) in [5, 5.41) is 0.451. The standard InChI is InChI=1S/C15H9ClN2O/c16-12-4-2-1-3-11(12)15(19)10-5-6-13-14(9-10)18-8-7-17-13/h1-9H. The van der Waals surface area contributed by atoms with Crippen LogP contribution in [0.5, 0.6) is 0 Å². The average molecular weight is 269 g/mol. The van der Waals surface area contributed by atoms with Gasteiger partial charge in [0.1, 0.15) is 0 Å². The van der Waals surface area contributed by atoms with Gasteiger partial charge < -0.3 is 0 Å². The summed E-state index contributed by atoms with van der Waals surface area (Å²) >= 11 is 6.04. The monoisotopic (exact) mass is 268 g/mol. The van der Waals surface area contributed by atoms with Crippen molar-refractivity contribution in [3.63, 3.8) is 0 Å². The SMILES string of the molecule is O=C(c1ccc2nccnc2c1)c1ccccc1Cl. The van der Waals surface area contributed by atoms with Gasteiger partial charge in [0.2, 0.25) is 0 Å². The number of hydrogen-bond acceptors (Lipinski definition) is 3. The Balaban J connectivity index is 2.09. The van der Waals surface area contributed by atoms with E-state index in [-0.39, 0.29) is 5.78 Å². The molecule has 0 saturated carbocycles. The highest BCUT2D eigenvalue weighted by Gasteiger charge is 2.12. The molecule has 0 bridgehead atoms. The van der Waals surface area contributed by atoms with Gasteiger partial charge in [0.25, 0.3) is 0 Å². The molecule has 2 aromatic carbocycles. The van der Waals surface area contributed by atoms with Gasteiger partial charge in [-0.25, -0.2) is 0 Å². The third-order valence-electron chi connectivity index (χ3n) is 2.85. The molecule has 1 heterocycles. The molecule has 1 aromatic heterocycles. The van der Waals surface area contributed by atoms with Crippen molar-refractivity contribution in [2.24, 2.45) is 0 Å². The second-order valence-corrected chi connectivity index (χ2v) is 4.48. The van der Waals surface area contributed by atoms with Crippen LogP contribution in [0.15, 0.2) is 54.9 Å². The first-order chi connectivity index (χ1) is 9.25. The Bertz CT molecular complexity index is 771. The molecular formula is C15H9ClN2O. The number of ketones is 1. The van der Waals surface area contributed by atoms with Crippen molar-refractivity contribution in [2.75, 3.05) is 0 Å². The summed E-state index contributed by atoms with van der Waals surface area (Å²) in [4.78, 5) is 20.7. The Labute approximate surface area is 114 Å². The molecule has 0 N–H and O–H groups in total. The fourth-order valence-corrected chi connectivity index (χ4v) is 2.13. The lowest BCUT2D eigenvalue weighted by Crippen LogP contribution is -2.02. The zero-order chi connectivity index (χ0) is 13.2. The highest BCUT2D eigenvalue weighted by atomic mass is 35.5. The van der Waals surface area contributed by atoms with E-state index in [9.17, 15) is 4.79 Å². The molecule has 0 radical (unpaired) electrons. The third kappa shape index (κ3) is 2.20. The summed E-state index contributed by atoms with van der Waals surface area (Å²) < 4.78 is 0. The molecule has 0 amide bonds. The average Bonchev–Trinajstić information content (AvgIpc) is 2.46. The Morgan fingerprint density at radius 1 is 0.947 bits per heavy atom. The first-order valence-electron chi connectivity index (χ1n) is 5.76. The summed E-state index contributed by atoms with van der Waals surface area (Å²) in [5.74, 6) is -0.113. The predicted molar refractivity (Wildman–Crippen MR) is 74.4 cm³/mol. The smallest absolute Gasteiger partial charge is 0.194 e. The largest absolute Gasteiger partial charge is 0.289 e. The minimum atomic E-state index is -0.113. The molecule has 19 heavy (non-hydrogen) atoms. The predicted octanol–water partition coefficient (Wildman–Crippen LogP) is 3.51. The van der Waals surface area contributed by atoms with Gasteiger partial charge in [0.15, 0.2) is 5.78 Å². The van der Waals surface area contributed by atoms with Crippen LogP contribution >= 0.6 is 11.6 Å². The van der Waals surface area contributed by atoms with E-state index in [4.69, 9.17) is 11.6 Å². The van der Waals surface area contributed by atoms with Crippen molar-refractivity contribution in [1.82, 2.24) is 9.97 Å². The molecule has 0 aliphatic carbocycles. The topological polar surface area (TPSA) is 42.9 Å². The number of rotatable bonds is 2. The van der Waals surface area contributed by atoms with E-state index in [1.807, 2.05) is 0 Å². The van der Waals surface area contributed by atoms with Crippen molar-refractivity contribution in [1.29, 1.82) is 0 Å². The van der Waals surface area contributed by atoms with Gasteiger partial charge in [-0.15, -0.1) is 0 Å². The fourth-order valence-electron chi connectivity index (χ4n) is 1.91. The lowest BCUT2D eigenvalue weighted by Gasteiger charge is -2.04. The van der Waals surface area contributed by atoms with E-state index in [1.54, 1.807) is 54.9 Å². The molecule has 0 spiro atoms. The van der Waals surface area contributed by atoms with Crippen LogP contribution in [0.3, 0.4) is 0 Å². The summed E-state index contributed by atoms with van der Waals surface area (Å²) in [7, 11) is 0. The van der Waals surface area contributed by atoms with Crippen LogP contribution in [0.4, 0.5) is 0 Å². The second kappa shape index (κ2) is 4.78. The van der Waals surface area contributed by atoms with Crippen LogP contribution in [-0.2, 0) is 0 Å². The molecule has 0 fully saturated rings. The van der Waals surface area contributed by atoms with Gasteiger partial charge in [-0.05, 0) is 30.3 Å². The van der Waals surface area contributed by atoms with E-state index in [1.165, 1.54) is 0 Å². The van der Waals surface area contributed by atoms with Gasteiger partial charge >= 0.3 is 0 Å². The van der Waals surface area contributed by atoms with E-state index < -0.39 is 0 Å². The van der Waals surface area contributed by atoms with Gasteiger partial charge in [-0.1, -0.05) is 23.7 Å². The molecule has 3 aromatic rings. The van der Waals surface area contributed by atoms with Crippen LogP contribution < -0.4 is 0 Å². The maximum absolute atomic E-state index is 12.4. The number of carbonyl (C=O) groups is 1. The number of hydrogen-bond donors (Lipinski definition) is 0. The molecule has 0 aliphatic rings. The van der Waals surface area contributed by atoms with Crippen molar-refractivity contribution in [3.05, 3.63) is 71.0 Å². The summed E-state index contributed by atoms with van der Waals surface area (Å²) in [6.07, 6.45) is 3.23. The molecule has 3 nitrogen and oxygen atoms in total. The number of nitrogens with zero attached hydrogens (tertiary/aromatic N) is 2. The summed E-state index contributed by atoms with van der Waals surface area (Å²) in [6.45, 7) is 0. The quantitative estimate of drug-likeness (QED) is 0.668. The van der Waals surface area contributed by atoms with Crippen LogP contribution in [0.25, 0.3) is 11.0 Å². The van der Waals surface area contributed by atoms with Crippen LogP contribution in [0.1, 0.15) is 15.9 Å². The normalized spacial score (nSPS) is 10.6. The highest BCUT2D eigenvalue weighted by Crippen LogP contribution is 2.20. The molecule has 0 saturated heterocycles. The van der Waals surface area contributed by atoms with Crippen LogP contribution in [0.2, 0.25) is 5.02 Å². The molecule has 0 aliphatic heterocycles. The maximum atomic E-state index is 12.4. The van der Waals surface area contributed by atoms with E-state index in [2.05, 4.69) is 9.97 Å². The second-order valence-electron chi connectivity index (χ2n) is 4.07. The van der Waals surface area contributed by atoms with Crippen molar-refractivity contribution in [3.8, 4) is 0 Å². The summed E-state index contributed by atoms with van der Waals surface area (Å²) in [6, 6.07) is 12.3. The van der Waals surface area contributed by atoms with Crippen molar-refractivity contribution < 1.29 is 4.79 Å². The van der Waals surface area contributed by atoms with Gasteiger partial charge in [0.05, 0.1) is 16.1 Å². The Hall–Kier alpha value is -2.26. The molecule has 92 valence electrons. The van der Waals surface area contributed by atoms with Crippen molar-refractivity contribution >= 4 is 28.4 Å². The lowest BCUT2D eigenvalue weighted by molar-refractivity contribution is 0.103. The van der Waals surface area contributed by atoms with Gasteiger partial charge in [-0.3, -0.25) is 14.8 Å². The van der Waals surface area contributed by atoms with Crippen LogP contribution in [0, 0.1) is 0 Å². The number of halogens is 1. The maximum Gasteiger partial charge on any atom is 0.194 e. The van der Waals surface area contributed by atoms with E-state index in [0.717, 1.165) is 5.52 Å². The Kier molecular flexibility index (Phi) is 2.97. The first kappa shape index (κ1) is 11.8. The van der Waals surface area contributed by atoms with Crippen molar-refractivity contribution in [2.45, 2.75) is 0 Å². The number of fused-ring (bicyclic) bond motifs is 1. The summed E-state index contributed by atoms with van der Waals surface area (Å²) in [5.41, 5.74) is 2.51. The van der Waals surface area contributed by atoms with Gasteiger partial charge in [-0.2, -0.15) is 0 Å². The highest BCUT2D eigenvalue weighted by molar-refractivity contribution is 6.35. The Morgan fingerprint density at radius 2 is 1.68 bits per heavy atom. The number of carbonyl (C=O) groups excluding carboxylic acids is 1. The minimum absolute atomic E-state index is 0.113. The van der Waals surface area contributed by atoms with Crippen LogP contribution in [-0.4, -0.2) is 15.8 Å². The molecular weight excluding hydrogens is 260 g/mol. The molecule has 0 atom stereocenters. The minimum Gasteiger partial charge on any atom is -0.289 e. The first-order valence-corrected chi connectivity index (χ1v) is 6.13. The lowest BCUT2D eigenvalue weighted by atomic mass is 10.0. The molecule has 0 unspecified atom stereocenters. The van der Waals surface area contributed by atoms with Gasteiger partial charge in [0, 0.05) is 23.5 Å². The fraction of sp³-hybridized carbons (Fsp3) is 0. The van der Waals surface area contributed by atoms with E-state index in [0.29, 0.717) is 21.7 Å². The zero-order valence-corrected chi connectivity index (χ0v) is 10.6. The number of benzene rings is 2. The third-order valence-corrected chi connectivity index (χ3v) is 3.18. The Morgan fingerprint density at radius 3 is 2.47 bits per heavy atom. The van der Waals surface area contributed by atoms with E-state index >= 15 is 0 Å². The molecule has 3 rings (SSSR count). The number of aromatic nitrogens is 2.